The molecule has 8 heteroatoms. The molecule has 2 aliphatic rings. The summed E-state index contributed by atoms with van der Waals surface area (Å²) in [6.07, 6.45) is 2.64. The van der Waals surface area contributed by atoms with Crippen LogP contribution in [0.4, 0.5) is 0 Å². The molecule has 2 fully saturated rings. The summed E-state index contributed by atoms with van der Waals surface area (Å²) >= 11 is 0. The van der Waals surface area contributed by atoms with Crippen molar-refractivity contribution < 1.29 is 24.2 Å². The Kier molecular flexibility index (Phi) is 7.95. The van der Waals surface area contributed by atoms with E-state index in [4.69, 9.17) is 9.47 Å². The van der Waals surface area contributed by atoms with Gasteiger partial charge < -0.3 is 19.9 Å². The number of carbonyl (C=O) groups is 2. The molecule has 7 nitrogen and oxygen atoms in total. The quantitative estimate of drug-likeness (QED) is 0.604. The van der Waals surface area contributed by atoms with Gasteiger partial charge in [0, 0.05) is 13.1 Å². The highest BCUT2D eigenvalue weighted by Gasteiger charge is 2.54. The van der Waals surface area contributed by atoms with E-state index in [9.17, 15) is 14.7 Å². The van der Waals surface area contributed by atoms with Gasteiger partial charge >= 0.3 is 5.97 Å². The molecule has 1 aromatic rings. The van der Waals surface area contributed by atoms with E-state index in [0.29, 0.717) is 32.8 Å². The molecular weight excluding hydrogens is 384 g/mol. The summed E-state index contributed by atoms with van der Waals surface area (Å²) in [5.74, 6) is 0.893. The first-order valence-corrected chi connectivity index (χ1v) is 9.61. The monoisotopic (exact) mass is 412 g/mol. The molecule has 2 atom stereocenters. The first-order valence-electron chi connectivity index (χ1n) is 9.61. The lowest BCUT2D eigenvalue weighted by Crippen LogP contribution is -2.40. The van der Waals surface area contributed by atoms with Crippen molar-refractivity contribution in [2.45, 2.75) is 26.2 Å². The van der Waals surface area contributed by atoms with Crippen LogP contribution in [0.1, 0.15) is 26.2 Å². The lowest BCUT2D eigenvalue weighted by atomic mass is 9.81. The van der Waals surface area contributed by atoms with Crippen LogP contribution in [0.2, 0.25) is 0 Å². The normalized spacial score (nSPS) is 23.5. The number of hydrogen-bond donors (Lipinski definition) is 2. The lowest BCUT2D eigenvalue weighted by molar-refractivity contribution is -0.149. The standard InChI is InChI=1S/C20H28N2O5.ClH/c1-2-26-16-5-7-17(8-6-16)27-11-10-21-18(23)13-22-12-15-4-3-9-20(15,14-22)19(24)25;/h5-8,15H,2-4,9-14H2,1H3,(H,21,23)(H,24,25);1H/t15-,20+;/m0./s1. The number of hydrogen-bond acceptors (Lipinski definition) is 5. The number of halogens is 1. The Morgan fingerprint density at radius 3 is 2.54 bits per heavy atom. The van der Waals surface area contributed by atoms with E-state index in [1.54, 1.807) is 0 Å². The second kappa shape index (κ2) is 9.98. The predicted octanol–water partition coefficient (Wildman–Crippen LogP) is 2.19. The van der Waals surface area contributed by atoms with Gasteiger partial charge in [-0.1, -0.05) is 6.42 Å². The Morgan fingerprint density at radius 2 is 1.93 bits per heavy atom. The van der Waals surface area contributed by atoms with Gasteiger partial charge in [-0.05, 0) is 49.9 Å². The molecule has 1 aliphatic carbocycles. The van der Waals surface area contributed by atoms with Gasteiger partial charge in [0.15, 0.2) is 0 Å². The number of fused-ring (bicyclic) bond motifs is 1. The van der Waals surface area contributed by atoms with Crippen LogP contribution in [0.25, 0.3) is 0 Å². The summed E-state index contributed by atoms with van der Waals surface area (Å²) in [4.78, 5) is 25.8. The number of nitrogens with zero attached hydrogens (tertiary/aromatic N) is 1. The smallest absolute Gasteiger partial charge is 0.311 e. The van der Waals surface area contributed by atoms with E-state index < -0.39 is 11.4 Å². The highest BCUT2D eigenvalue weighted by atomic mass is 35.5. The molecule has 1 saturated heterocycles. The van der Waals surface area contributed by atoms with E-state index in [1.807, 2.05) is 36.1 Å². The van der Waals surface area contributed by atoms with Gasteiger partial charge in [-0.3, -0.25) is 14.5 Å². The number of rotatable bonds is 9. The van der Waals surface area contributed by atoms with Crippen LogP contribution in [0.3, 0.4) is 0 Å². The van der Waals surface area contributed by atoms with Crippen LogP contribution in [-0.4, -0.2) is 61.3 Å². The van der Waals surface area contributed by atoms with Crippen LogP contribution in [0, 0.1) is 11.3 Å². The van der Waals surface area contributed by atoms with Gasteiger partial charge in [-0.2, -0.15) is 0 Å². The van der Waals surface area contributed by atoms with Gasteiger partial charge in [-0.15, -0.1) is 12.4 Å². The minimum absolute atomic E-state index is 0. The highest BCUT2D eigenvalue weighted by Crippen LogP contribution is 2.48. The summed E-state index contributed by atoms with van der Waals surface area (Å²) < 4.78 is 11.0. The number of carboxylic acids is 1. The minimum atomic E-state index is -0.711. The third-order valence-electron chi connectivity index (χ3n) is 5.56. The van der Waals surface area contributed by atoms with E-state index in [0.717, 1.165) is 30.8 Å². The van der Waals surface area contributed by atoms with Crippen LogP contribution >= 0.6 is 12.4 Å². The average molecular weight is 413 g/mol. The summed E-state index contributed by atoms with van der Waals surface area (Å²) in [7, 11) is 0. The molecule has 2 N–H and O–H groups in total. The van der Waals surface area contributed by atoms with E-state index in [2.05, 4.69) is 5.32 Å². The number of amides is 1. The van der Waals surface area contributed by atoms with Crippen molar-refractivity contribution in [3.05, 3.63) is 24.3 Å². The van der Waals surface area contributed by atoms with Crippen molar-refractivity contribution >= 4 is 24.3 Å². The molecule has 1 aromatic carbocycles. The second-order valence-corrected chi connectivity index (χ2v) is 7.32. The maximum atomic E-state index is 12.1. The Morgan fingerprint density at radius 1 is 1.25 bits per heavy atom. The summed E-state index contributed by atoms with van der Waals surface area (Å²) in [5.41, 5.74) is -0.642. The fourth-order valence-corrected chi connectivity index (χ4v) is 4.28. The van der Waals surface area contributed by atoms with E-state index in [1.165, 1.54) is 0 Å². The van der Waals surface area contributed by atoms with Crippen molar-refractivity contribution in [2.24, 2.45) is 11.3 Å². The number of carboxylic acid groups (broad SMARTS) is 1. The highest BCUT2D eigenvalue weighted by molar-refractivity contribution is 5.85. The van der Waals surface area contributed by atoms with Crippen molar-refractivity contribution in [1.82, 2.24) is 10.2 Å². The van der Waals surface area contributed by atoms with Crippen LogP contribution < -0.4 is 14.8 Å². The molecule has 1 aliphatic heterocycles. The fourth-order valence-electron chi connectivity index (χ4n) is 4.28. The maximum absolute atomic E-state index is 12.1. The molecule has 3 rings (SSSR count). The summed E-state index contributed by atoms with van der Waals surface area (Å²) in [6.45, 7) is 4.76. The molecule has 0 aromatic heterocycles. The van der Waals surface area contributed by atoms with Crippen LogP contribution in [0.5, 0.6) is 11.5 Å². The van der Waals surface area contributed by atoms with Gasteiger partial charge in [0.1, 0.15) is 18.1 Å². The van der Waals surface area contributed by atoms with Crippen molar-refractivity contribution in [3.8, 4) is 11.5 Å². The van der Waals surface area contributed by atoms with Crippen molar-refractivity contribution in [3.63, 3.8) is 0 Å². The molecule has 0 bridgehead atoms. The average Bonchev–Trinajstić information content (AvgIpc) is 3.18. The molecule has 1 heterocycles. The molecule has 0 unspecified atom stereocenters. The Balaban J connectivity index is 0.00000280. The first-order chi connectivity index (χ1) is 13.0. The Bertz CT molecular complexity index is 669. The fraction of sp³-hybridized carbons (Fsp3) is 0.600. The number of ether oxygens (including phenoxy) is 2. The largest absolute Gasteiger partial charge is 0.494 e. The van der Waals surface area contributed by atoms with Gasteiger partial charge in [-0.25, -0.2) is 0 Å². The van der Waals surface area contributed by atoms with Crippen LogP contribution in [-0.2, 0) is 9.59 Å². The molecule has 1 saturated carbocycles. The minimum Gasteiger partial charge on any atom is -0.494 e. The molecule has 28 heavy (non-hydrogen) atoms. The molecule has 0 spiro atoms. The van der Waals surface area contributed by atoms with Crippen LogP contribution in [0.15, 0.2) is 24.3 Å². The number of likely N-dealkylation sites (tertiary alicyclic amines) is 1. The second-order valence-electron chi connectivity index (χ2n) is 7.32. The maximum Gasteiger partial charge on any atom is 0.311 e. The first kappa shape index (κ1) is 22.3. The SMILES string of the molecule is CCOc1ccc(OCCNC(=O)CN2C[C@@H]3CCC[C@@]3(C(=O)O)C2)cc1.Cl. The van der Waals surface area contributed by atoms with Gasteiger partial charge in [0.05, 0.1) is 25.1 Å². The topological polar surface area (TPSA) is 88.1 Å². The van der Waals surface area contributed by atoms with Crippen molar-refractivity contribution in [2.75, 3.05) is 39.4 Å². The lowest BCUT2D eigenvalue weighted by Gasteiger charge is -2.23. The number of aliphatic carboxylic acids is 1. The Labute approximate surface area is 171 Å². The molecule has 156 valence electrons. The summed E-state index contributed by atoms with van der Waals surface area (Å²) in [6, 6.07) is 7.36. The number of carbonyl (C=O) groups excluding carboxylic acids is 1. The predicted molar refractivity (Wildman–Crippen MR) is 107 cm³/mol. The van der Waals surface area contributed by atoms with E-state index in [-0.39, 0.29) is 30.8 Å². The molecular formula is C20H29ClN2O5. The van der Waals surface area contributed by atoms with Gasteiger partial charge in [0.25, 0.3) is 0 Å². The third kappa shape index (κ3) is 5.08. The van der Waals surface area contributed by atoms with Gasteiger partial charge in [0.2, 0.25) is 5.91 Å². The third-order valence-corrected chi connectivity index (χ3v) is 5.56. The van der Waals surface area contributed by atoms with E-state index >= 15 is 0 Å². The number of benzene rings is 1. The molecule has 0 radical (unpaired) electrons. The zero-order valence-corrected chi connectivity index (χ0v) is 17.0. The zero-order valence-electron chi connectivity index (χ0n) is 16.2. The zero-order chi connectivity index (χ0) is 19.3. The number of nitrogens with one attached hydrogen (secondary N) is 1. The summed E-state index contributed by atoms with van der Waals surface area (Å²) in [5, 5.41) is 12.4. The van der Waals surface area contributed by atoms with Crippen molar-refractivity contribution in [1.29, 1.82) is 0 Å². The Hall–Kier alpha value is -1.99. The molecule has 1 amide bonds.